The molecule has 0 radical (unpaired) electrons. The molecule has 2 rings (SSSR count). The van der Waals surface area contributed by atoms with Gasteiger partial charge in [-0.1, -0.05) is 0 Å². The van der Waals surface area contributed by atoms with Crippen LogP contribution in [0.15, 0.2) is 24.5 Å². The Kier molecular flexibility index (Phi) is 5.67. The summed E-state index contributed by atoms with van der Waals surface area (Å²) in [7, 11) is 0. The van der Waals surface area contributed by atoms with E-state index in [9.17, 15) is 22.4 Å². The minimum Gasteiger partial charge on any atom is -0.383 e. The van der Waals surface area contributed by atoms with Crippen LogP contribution in [0.1, 0.15) is 7.85 Å². The summed E-state index contributed by atoms with van der Waals surface area (Å²) in [5.74, 6) is -1.52. The summed E-state index contributed by atoms with van der Waals surface area (Å²) in [6, 6.07) is 3.21. The van der Waals surface area contributed by atoms with Gasteiger partial charge in [0.1, 0.15) is 12.4 Å². The summed E-state index contributed by atoms with van der Waals surface area (Å²) in [5.41, 5.74) is 6.10. The minimum absolute atomic E-state index is 0. The molecule has 0 bridgehead atoms. The van der Waals surface area contributed by atoms with Crippen molar-refractivity contribution in [2.75, 3.05) is 24.1 Å². The van der Waals surface area contributed by atoms with E-state index in [-0.39, 0.29) is 31.9 Å². The Bertz CT molecular complexity index is 758. The van der Waals surface area contributed by atoms with Gasteiger partial charge in [-0.25, -0.2) is 19.3 Å². The molecule has 0 fully saturated rings. The first-order chi connectivity index (χ1) is 11.8. The highest BCUT2D eigenvalue weighted by Gasteiger charge is 2.27. The number of pyridine rings is 1. The second-order valence-electron chi connectivity index (χ2n) is 4.90. The summed E-state index contributed by atoms with van der Waals surface area (Å²) >= 11 is 0. The standard InChI is InChI=1S/C14H14F4N6O.H2/c15-9-6-22-12(8-2-1-4-20-11(8)19)24-13(9)21-5-3-10(25)23-7-14(16,17)18;/h1-2,4,6H,3,5,7H2,(H2,19,20)(H,23,25)(H,21,22,24);1H. The lowest BCUT2D eigenvalue weighted by atomic mass is 10.2. The van der Waals surface area contributed by atoms with Crippen molar-refractivity contribution < 1.29 is 23.8 Å². The van der Waals surface area contributed by atoms with Crippen LogP contribution in [0.2, 0.25) is 0 Å². The van der Waals surface area contributed by atoms with Crippen LogP contribution in [0.25, 0.3) is 11.4 Å². The third-order valence-corrected chi connectivity index (χ3v) is 2.95. The molecule has 2 aromatic rings. The summed E-state index contributed by atoms with van der Waals surface area (Å²) < 4.78 is 49.7. The largest absolute Gasteiger partial charge is 0.405 e. The molecule has 0 spiro atoms. The molecule has 1 amide bonds. The molecule has 2 aromatic heterocycles. The Morgan fingerprint density at radius 1 is 1.32 bits per heavy atom. The maximum Gasteiger partial charge on any atom is 0.405 e. The molecular formula is C14H16F4N6O. The molecule has 0 aliphatic rings. The van der Waals surface area contributed by atoms with E-state index in [0.29, 0.717) is 5.56 Å². The molecule has 0 saturated heterocycles. The highest BCUT2D eigenvalue weighted by Crippen LogP contribution is 2.22. The third kappa shape index (κ3) is 5.55. The zero-order valence-corrected chi connectivity index (χ0v) is 12.8. The molecule has 0 aliphatic heterocycles. The van der Waals surface area contributed by atoms with E-state index in [0.717, 1.165) is 6.20 Å². The van der Waals surface area contributed by atoms with Crippen LogP contribution in [-0.4, -0.2) is 40.1 Å². The van der Waals surface area contributed by atoms with Gasteiger partial charge in [0, 0.05) is 20.6 Å². The lowest BCUT2D eigenvalue weighted by Crippen LogP contribution is -2.34. The Balaban J connectivity index is 0.00000338. The van der Waals surface area contributed by atoms with Gasteiger partial charge in [-0.3, -0.25) is 4.79 Å². The average Bonchev–Trinajstić information content (AvgIpc) is 2.55. The zero-order valence-electron chi connectivity index (χ0n) is 12.8. The molecule has 0 aromatic carbocycles. The number of halogens is 4. The normalized spacial score (nSPS) is 11.2. The van der Waals surface area contributed by atoms with Gasteiger partial charge < -0.3 is 16.4 Å². The van der Waals surface area contributed by atoms with Crippen LogP contribution in [-0.2, 0) is 4.79 Å². The van der Waals surface area contributed by atoms with Gasteiger partial charge in [-0.05, 0) is 12.1 Å². The number of nitrogens with zero attached hydrogens (tertiary/aromatic N) is 3. The first-order valence-corrected chi connectivity index (χ1v) is 7.07. The number of hydrogen-bond acceptors (Lipinski definition) is 6. The van der Waals surface area contributed by atoms with Gasteiger partial charge in [0.2, 0.25) is 5.91 Å². The minimum atomic E-state index is -4.49. The van der Waals surface area contributed by atoms with Gasteiger partial charge in [-0.15, -0.1) is 0 Å². The monoisotopic (exact) mass is 360 g/mol. The van der Waals surface area contributed by atoms with Gasteiger partial charge in [0.05, 0.1) is 11.8 Å². The maximum absolute atomic E-state index is 13.7. The third-order valence-electron chi connectivity index (χ3n) is 2.95. The molecule has 0 atom stereocenters. The zero-order chi connectivity index (χ0) is 18.4. The van der Waals surface area contributed by atoms with Crippen molar-refractivity contribution in [2.24, 2.45) is 0 Å². The van der Waals surface area contributed by atoms with Crippen LogP contribution >= 0.6 is 0 Å². The highest BCUT2D eigenvalue weighted by atomic mass is 19.4. The van der Waals surface area contributed by atoms with Crippen molar-refractivity contribution in [3.8, 4) is 11.4 Å². The van der Waals surface area contributed by atoms with Crippen LogP contribution < -0.4 is 16.4 Å². The van der Waals surface area contributed by atoms with Gasteiger partial charge in [-0.2, -0.15) is 13.2 Å². The number of rotatable bonds is 6. The first-order valence-electron chi connectivity index (χ1n) is 7.07. The summed E-state index contributed by atoms with van der Waals surface area (Å²) in [6.45, 7) is -1.53. The Morgan fingerprint density at radius 3 is 2.76 bits per heavy atom. The molecular weight excluding hydrogens is 344 g/mol. The van der Waals surface area contributed by atoms with Crippen molar-refractivity contribution in [1.82, 2.24) is 20.3 Å². The summed E-state index contributed by atoms with van der Waals surface area (Å²) in [4.78, 5) is 22.9. The van der Waals surface area contributed by atoms with Crippen molar-refractivity contribution in [3.05, 3.63) is 30.3 Å². The Labute approximate surface area is 141 Å². The van der Waals surface area contributed by atoms with E-state index < -0.39 is 24.4 Å². The van der Waals surface area contributed by atoms with Crippen LogP contribution in [0, 0.1) is 5.82 Å². The quantitative estimate of drug-likeness (QED) is 0.681. The van der Waals surface area contributed by atoms with Gasteiger partial charge in [0.25, 0.3) is 0 Å². The van der Waals surface area contributed by atoms with E-state index >= 15 is 0 Å². The number of anilines is 2. The number of nitrogens with two attached hydrogens (primary N) is 1. The van der Waals surface area contributed by atoms with Crippen molar-refractivity contribution in [2.45, 2.75) is 12.6 Å². The topological polar surface area (TPSA) is 106 Å². The molecule has 25 heavy (non-hydrogen) atoms. The van der Waals surface area contributed by atoms with Crippen molar-refractivity contribution >= 4 is 17.5 Å². The summed E-state index contributed by atoms with van der Waals surface area (Å²) in [6.07, 6.45) is -2.38. The smallest absolute Gasteiger partial charge is 0.383 e. The molecule has 4 N–H and O–H groups in total. The highest BCUT2D eigenvalue weighted by molar-refractivity contribution is 5.76. The average molecular weight is 360 g/mol. The molecule has 0 aliphatic carbocycles. The lowest BCUT2D eigenvalue weighted by Gasteiger charge is -2.10. The second kappa shape index (κ2) is 7.73. The van der Waals surface area contributed by atoms with Gasteiger partial charge >= 0.3 is 6.18 Å². The molecule has 11 heteroatoms. The van der Waals surface area contributed by atoms with E-state index in [2.05, 4.69) is 20.3 Å². The predicted molar refractivity (Wildman–Crippen MR) is 83.9 cm³/mol. The van der Waals surface area contributed by atoms with Crippen LogP contribution in [0.3, 0.4) is 0 Å². The molecule has 136 valence electrons. The fraction of sp³-hybridized carbons (Fsp3) is 0.286. The lowest BCUT2D eigenvalue weighted by molar-refractivity contribution is -0.138. The predicted octanol–water partition coefficient (Wildman–Crippen LogP) is 1.99. The van der Waals surface area contributed by atoms with E-state index in [4.69, 9.17) is 5.73 Å². The number of nitrogen functional groups attached to an aromatic ring is 1. The molecule has 2 heterocycles. The first kappa shape index (κ1) is 18.4. The summed E-state index contributed by atoms with van der Waals surface area (Å²) in [5, 5.41) is 4.25. The number of carbonyl (C=O) groups excluding carboxylic acids is 1. The van der Waals surface area contributed by atoms with E-state index in [1.54, 1.807) is 17.4 Å². The van der Waals surface area contributed by atoms with E-state index in [1.165, 1.54) is 6.20 Å². The number of alkyl halides is 3. The Hall–Kier alpha value is -2.98. The van der Waals surface area contributed by atoms with Crippen LogP contribution in [0.5, 0.6) is 0 Å². The number of nitrogens with one attached hydrogen (secondary N) is 2. The fourth-order valence-corrected chi connectivity index (χ4v) is 1.81. The van der Waals surface area contributed by atoms with Crippen molar-refractivity contribution in [3.63, 3.8) is 0 Å². The fourth-order valence-electron chi connectivity index (χ4n) is 1.81. The molecule has 7 nitrogen and oxygen atoms in total. The van der Waals surface area contributed by atoms with Crippen molar-refractivity contribution in [1.29, 1.82) is 0 Å². The number of hydrogen-bond donors (Lipinski definition) is 3. The second-order valence-corrected chi connectivity index (χ2v) is 4.90. The number of amides is 1. The molecule has 0 unspecified atom stereocenters. The SMILES string of the molecule is Nc1ncccc1-c1ncc(F)c(NCCC(=O)NCC(F)(F)F)n1.[HH]. The number of aromatic nitrogens is 3. The number of carbonyl (C=O) groups is 1. The molecule has 0 saturated carbocycles. The van der Waals surface area contributed by atoms with Crippen LogP contribution in [0.4, 0.5) is 29.2 Å². The van der Waals surface area contributed by atoms with Gasteiger partial charge in [0.15, 0.2) is 17.5 Å². The van der Waals surface area contributed by atoms with E-state index in [1.807, 2.05) is 0 Å². The Morgan fingerprint density at radius 2 is 2.08 bits per heavy atom. The maximum atomic E-state index is 13.7.